The van der Waals surface area contributed by atoms with Crippen molar-refractivity contribution in [2.45, 2.75) is 38.5 Å². The van der Waals surface area contributed by atoms with E-state index in [0.29, 0.717) is 0 Å². The Morgan fingerprint density at radius 2 is 1.28 bits per heavy atom. The Bertz CT molecular complexity index is 1120. The molecule has 3 aromatic carbocycles. The lowest BCUT2D eigenvalue weighted by molar-refractivity contribution is -0.147. The second kappa shape index (κ2) is 13.5. The summed E-state index contributed by atoms with van der Waals surface area (Å²) in [6, 6.07) is 22.8. The number of rotatable bonds is 11. The number of hydrogen-bond donors (Lipinski definition) is 3. The normalized spacial score (nSPS) is 12.1. The summed E-state index contributed by atoms with van der Waals surface area (Å²) < 4.78 is 10.5. The van der Waals surface area contributed by atoms with Gasteiger partial charge in [0.25, 0.3) is 0 Å². The highest BCUT2D eigenvalue weighted by Crippen LogP contribution is 2.13. The van der Waals surface area contributed by atoms with E-state index in [1.807, 2.05) is 60.7 Å². The van der Waals surface area contributed by atoms with Gasteiger partial charge in [-0.3, -0.25) is 4.79 Å². The zero-order valence-corrected chi connectivity index (χ0v) is 20.1. The number of phenolic OH excluding ortho intramolecular Hbond substituents is 1. The summed E-state index contributed by atoms with van der Waals surface area (Å²) >= 11 is 0. The summed E-state index contributed by atoms with van der Waals surface area (Å²) in [4.78, 5) is 38.4. The van der Waals surface area contributed by atoms with E-state index in [9.17, 15) is 19.5 Å². The molecule has 0 aliphatic rings. The predicted molar refractivity (Wildman–Crippen MR) is 134 cm³/mol. The van der Waals surface area contributed by atoms with E-state index in [1.54, 1.807) is 19.1 Å². The standard InChI is InChI=1S/C28H30N2O6/c1-2-35-27(33)25(18-21-13-15-23(31)16-14-21)29-26(32)24(17-20-9-5-3-6-10-20)30-28(34)36-19-22-11-7-4-8-12-22/h3-16,24-25,31H,2,17-19H2,1H3,(H,29,32)(H,30,34)/t24-,25+/m0/s1. The first-order valence-electron chi connectivity index (χ1n) is 11.7. The second-order valence-electron chi connectivity index (χ2n) is 8.13. The van der Waals surface area contributed by atoms with Crippen LogP contribution in [0.2, 0.25) is 0 Å². The quantitative estimate of drug-likeness (QED) is 0.355. The van der Waals surface area contributed by atoms with Gasteiger partial charge in [0.05, 0.1) is 6.61 Å². The first-order chi connectivity index (χ1) is 17.4. The lowest BCUT2D eigenvalue weighted by Gasteiger charge is -2.23. The summed E-state index contributed by atoms with van der Waals surface area (Å²) in [7, 11) is 0. The molecular weight excluding hydrogens is 460 g/mol. The number of alkyl carbamates (subject to hydrolysis) is 1. The van der Waals surface area contributed by atoms with Crippen LogP contribution in [-0.2, 0) is 38.5 Å². The number of carbonyl (C=O) groups is 3. The number of benzene rings is 3. The third kappa shape index (κ3) is 8.47. The molecular formula is C28H30N2O6. The lowest BCUT2D eigenvalue weighted by atomic mass is 10.0. The number of hydrogen-bond acceptors (Lipinski definition) is 6. The molecule has 0 saturated heterocycles. The molecule has 3 aromatic rings. The summed E-state index contributed by atoms with van der Waals surface area (Å²) in [6.07, 6.45) is -0.399. The Labute approximate surface area is 210 Å². The van der Waals surface area contributed by atoms with Gasteiger partial charge in [0.2, 0.25) is 5.91 Å². The van der Waals surface area contributed by atoms with Crippen LogP contribution in [0.25, 0.3) is 0 Å². The number of amides is 2. The van der Waals surface area contributed by atoms with Gasteiger partial charge in [0, 0.05) is 12.8 Å². The van der Waals surface area contributed by atoms with E-state index in [-0.39, 0.29) is 31.8 Å². The van der Waals surface area contributed by atoms with Crippen molar-refractivity contribution in [3.8, 4) is 5.75 Å². The molecule has 8 heteroatoms. The third-order valence-electron chi connectivity index (χ3n) is 5.37. The molecule has 3 N–H and O–H groups in total. The highest BCUT2D eigenvalue weighted by Gasteiger charge is 2.28. The number of esters is 1. The SMILES string of the molecule is CCOC(=O)[C@@H](Cc1ccc(O)cc1)NC(=O)[C@H](Cc1ccccc1)NC(=O)OCc1ccccc1. The Morgan fingerprint density at radius 3 is 1.89 bits per heavy atom. The van der Waals surface area contributed by atoms with Crippen molar-refractivity contribution < 1.29 is 29.0 Å². The Balaban J connectivity index is 1.72. The Hall–Kier alpha value is -4.33. The first kappa shape index (κ1) is 26.3. The fraction of sp³-hybridized carbons (Fsp3) is 0.250. The van der Waals surface area contributed by atoms with Crippen LogP contribution in [0.5, 0.6) is 5.75 Å². The average Bonchev–Trinajstić information content (AvgIpc) is 2.89. The average molecular weight is 491 g/mol. The molecule has 0 unspecified atom stereocenters. The molecule has 0 bridgehead atoms. The van der Waals surface area contributed by atoms with E-state index in [4.69, 9.17) is 9.47 Å². The molecule has 0 aliphatic heterocycles. The summed E-state index contributed by atoms with van der Waals surface area (Å²) in [5.74, 6) is -1.05. The van der Waals surface area contributed by atoms with Crippen LogP contribution in [0.1, 0.15) is 23.6 Å². The summed E-state index contributed by atoms with van der Waals surface area (Å²) in [6.45, 7) is 1.89. The number of phenols is 1. The maximum Gasteiger partial charge on any atom is 0.408 e. The molecule has 0 heterocycles. The molecule has 0 saturated carbocycles. The molecule has 0 radical (unpaired) electrons. The van der Waals surface area contributed by atoms with Gasteiger partial charge < -0.3 is 25.2 Å². The van der Waals surface area contributed by atoms with E-state index in [2.05, 4.69) is 10.6 Å². The van der Waals surface area contributed by atoms with Gasteiger partial charge >= 0.3 is 12.1 Å². The largest absolute Gasteiger partial charge is 0.508 e. The molecule has 0 spiro atoms. The zero-order chi connectivity index (χ0) is 25.8. The van der Waals surface area contributed by atoms with Gasteiger partial charge in [0.1, 0.15) is 24.4 Å². The number of ether oxygens (including phenoxy) is 2. The van der Waals surface area contributed by atoms with Gasteiger partial charge in [-0.05, 0) is 35.7 Å². The van der Waals surface area contributed by atoms with Gasteiger partial charge in [0.15, 0.2) is 0 Å². The summed E-state index contributed by atoms with van der Waals surface area (Å²) in [5.41, 5.74) is 2.36. The Morgan fingerprint density at radius 1 is 0.722 bits per heavy atom. The second-order valence-corrected chi connectivity index (χ2v) is 8.13. The van der Waals surface area contributed by atoms with Crippen molar-refractivity contribution in [1.82, 2.24) is 10.6 Å². The highest BCUT2D eigenvalue weighted by molar-refractivity contribution is 5.90. The van der Waals surface area contributed by atoms with E-state index < -0.39 is 30.1 Å². The molecule has 0 aromatic heterocycles. The van der Waals surface area contributed by atoms with Crippen LogP contribution in [0.4, 0.5) is 4.79 Å². The molecule has 188 valence electrons. The van der Waals surface area contributed by atoms with E-state index in [1.165, 1.54) is 12.1 Å². The molecule has 8 nitrogen and oxygen atoms in total. The summed E-state index contributed by atoms with van der Waals surface area (Å²) in [5, 5.41) is 14.9. The van der Waals surface area contributed by atoms with Crippen molar-refractivity contribution in [2.24, 2.45) is 0 Å². The molecule has 3 rings (SSSR count). The molecule has 0 fully saturated rings. The van der Waals surface area contributed by atoms with Crippen molar-refractivity contribution in [1.29, 1.82) is 0 Å². The van der Waals surface area contributed by atoms with Crippen LogP contribution < -0.4 is 10.6 Å². The topological polar surface area (TPSA) is 114 Å². The fourth-order valence-electron chi connectivity index (χ4n) is 3.54. The number of aromatic hydroxyl groups is 1. The van der Waals surface area contributed by atoms with Gasteiger partial charge in [-0.2, -0.15) is 0 Å². The first-order valence-corrected chi connectivity index (χ1v) is 11.7. The van der Waals surface area contributed by atoms with Crippen molar-refractivity contribution in [3.05, 3.63) is 102 Å². The smallest absolute Gasteiger partial charge is 0.408 e. The molecule has 0 aliphatic carbocycles. The number of nitrogens with one attached hydrogen (secondary N) is 2. The minimum atomic E-state index is -0.993. The maximum absolute atomic E-state index is 13.3. The molecule has 2 atom stereocenters. The lowest BCUT2D eigenvalue weighted by Crippen LogP contribution is -2.53. The van der Waals surface area contributed by atoms with Crippen LogP contribution in [-0.4, -0.2) is 41.8 Å². The van der Waals surface area contributed by atoms with Crippen LogP contribution >= 0.6 is 0 Å². The minimum absolute atomic E-state index is 0.0542. The van der Waals surface area contributed by atoms with Crippen molar-refractivity contribution in [2.75, 3.05) is 6.61 Å². The fourth-order valence-corrected chi connectivity index (χ4v) is 3.54. The van der Waals surface area contributed by atoms with E-state index >= 15 is 0 Å². The number of carbonyl (C=O) groups excluding carboxylic acids is 3. The van der Waals surface area contributed by atoms with Gasteiger partial charge in [-0.15, -0.1) is 0 Å². The Kier molecular flexibility index (Phi) is 9.88. The van der Waals surface area contributed by atoms with Gasteiger partial charge in [-0.25, -0.2) is 9.59 Å². The van der Waals surface area contributed by atoms with Crippen LogP contribution in [0, 0.1) is 0 Å². The maximum atomic E-state index is 13.3. The molecule has 2 amide bonds. The van der Waals surface area contributed by atoms with Crippen LogP contribution in [0.15, 0.2) is 84.9 Å². The highest BCUT2D eigenvalue weighted by atomic mass is 16.5. The zero-order valence-electron chi connectivity index (χ0n) is 20.1. The van der Waals surface area contributed by atoms with Crippen LogP contribution in [0.3, 0.4) is 0 Å². The van der Waals surface area contributed by atoms with Gasteiger partial charge in [-0.1, -0.05) is 72.8 Å². The van der Waals surface area contributed by atoms with E-state index in [0.717, 1.165) is 16.7 Å². The molecule has 36 heavy (non-hydrogen) atoms. The van der Waals surface area contributed by atoms with Crippen molar-refractivity contribution >= 4 is 18.0 Å². The monoisotopic (exact) mass is 490 g/mol. The van der Waals surface area contributed by atoms with Crippen molar-refractivity contribution in [3.63, 3.8) is 0 Å². The predicted octanol–water partition coefficient (Wildman–Crippen LogP) is 3.52. The minimum Gasteiger partial charge on any atom is -0.508 e. The third-order valence-corrected chi connectivity index (χ3v) is 5.37.